The number of aromatic nitrogens is 1. The quantitative estimate of drug-likeness (QED) is 0.516. The zero-order valence-corrected chi connectivity index (χ0v) is 19.8. The predicted octanol–water partition coefficient (Wildman–Crippen LogP) is 5.55. The van der Waals surface area contributed by atoms with Gasteiger partial charge in [0.15, 0.2) is 0 Å². The van der Waals surface area contributed by atoms with Gasteiger partial charge < -0.3 is 14.8 Å². The molecule has 1 aliphatic carbocycles. The zero-order chi connectivity index (χ0) is 23.0. The Bertz CT molecular complexity index is 1200. The minimum atomic E-state index is -1.03. The predicted molar refractivity (Wildman–Crippen MR) is 131 cm³/mol. The molecule has 6 heteroatoms. The molecule has 5 nitrogen and oxygen atoms in total. The maximum atomic E-state index is 13.9. The molecule has 1 aromatic heterocycles. The van der Waals surface area contributed by atoms with Gasteiger partial charge in [0.05, 0.1) is 6.54 Å². The summed E-state index contributed by atoms with van der Waals surface area (Å²) in [6, 6.07) is 17.6. The van der Waals surface area contributed by atoms with Crippen molar-refractivity contribution in [2.24, 2.45) is 0 Å². The average molecular weight is 464 g/mol. The summed E-state index contributed by atoms with van der Waals surface area (Å²) in [6.45, 7) is 2.59. The van der Waals surface area contributed by atoms with Crippen LogP contribution >= 0.6 is 11.6 Å². The fraction of sp³-hybridized carbons (Fsp3) is 0.407. The van der Waals surface area contributed by atoms with Crippen LogP contribution in [0.4, 0.5) is 0 Å². The van der Waals surface area contributed by atoms with E-state index in [1.165, 1.54) is 12.8 Å². The van der Waals surface area contributed by atoms with Crippen molar-refractivity contribution in [1.29, 1.82) is 0 Å². The van der Waals surface area contributed by atoms with Crippen LogP contribution in [-0.2, 0) is 17.9 Å². The van der Waals surface area contributed by atoms with Crippen LogP contribution in [-0.4, -0.2) is 32.9 Å². The topological polar surface area (TPSA) is 54.3 Å². The van der Waals surface area contributed by atoms with E-state index in [0.717, 1.165) is 42.1 Å². The monoisotopic (exact) mass is 463 g/mol. The summed E-state index contributed by atoms with van der Waals surface area (Å²) in [6.07, 6.45) is 6.71. The molecular weight excluding hydrogens is 434 g/mol. The summed E-state index contributed by atoms with van der Waals surface area (Å²) in [5, 5.41) is 4.92. The maximum Gasteiger partial charge on any atom is 0.271 e. The number of halogens is 1. The van der Waals surface area contributed by atoms with Crippen LogP contribution in [0.15, 0.2) is 54.6 Å². The fourth-order valence-corrected chi connectivity index (χ4v) is 5.51. The Balaban J connectivity index is 1.55. The first-order valence-electron chi connectivity index (χ1n) is 11.9. The molecule has 0 radical (unpaired) electrons. The zero-order valence-electron chi connectivity index (χ0n) is 19.0. The molecule has 33 heavy (non-hydrogen) atoms. The van der Waals surface area contributed by atoms with Gasteiger partial charge in [-0.2, -0.15) is 0 Å². The molecule has 5 rings (SSSR count). The Morgan fingerprint density at radius 3 is 2.52 bits per heavy atom. The Kier molecular flexibility index (Phi) is 5.92. The molecule has 2 heterocycles. The third kappa shape index (κ3) is 4.04. The molecule has 0 unspecified atom stereocenters. The highest BCUT2D eigenvalue weighted by molar-refractivity contribution is 6.31. The molecule has 0 saturated heterocycles. The highest BCUT2D eigenvalue weighted by Crippen LogP contribution is 2.34. The van der Waals surface area contributed by atoms with Crippen molar-refractivity contribution < 1.29 is 9.59 Å². The molecule has 172 valence electrons. The number of amides is 2. The summed E-state index contributed by atoms with van der Waals surface area (Å²) in [5.41, 5.74) is 1.40. The van der Waals surface area contributed by atoms with Gasteiger partial charge in [0, 0.05) is 28.5 Å². The summed E-state index contributed by atoms with van der Waals surface area (Å²) in [5.74, 6) is -0.228. The van der Waals surface area contributed by atoms with Crippen LogP contribution in [0.3, 0.4) is 0 Å². The van der Waals surface area contributed by atoms with Crippen molar-refractivity contribution in [2.45, 2.75) is 70.1 Å². The van der Waals surface area contributed by atoms with E-state index in [0.29, 0.717) is 17.3 Å². The van der Waals surface area contributed by atoms with E-state index in [1.807, 2.05) is 66.1 Å². The van der Waals surface area contributed by atoms with Crippen LogP contribution in [0.1, 0.15) is 61.5 Å². The van der Waals surface area contributed by atoms with Crippen LogP contribution < -0.4 is 5.32 Å². The van der Waals surface area contributed by atoms with Crippen LogP contribution in [0.2, 0.25) is 5.02 Å². The van der Waals surface area contributed by atoms with Crippen LogP contribution in [0, 0.1) is 0 Å². The van der Waals surface area contributed by atoms with Gasteiger partial charge in [0.2, 0.25) is 5.91 Å². The first-order chi connectivity index (χ1) is 16.0. The fourth-order valence-electron chi connectivity index (χ4n) is 5.32. The third-order valence-electron chi connectivity index (χ3n) is 7.30. The van der Waals surface area contributed by atoms with Crippen molar-refractivity contribution in [3.05, 3.63) is 70.9 Å². The summed E-state index contributed by atoms with van der Waals surface area (Å²) >= 11 is 6.46. The number of benzene rings is 2. The Labute approximate surface area is 199 Å². The SMILES string of the molecule is C[C@@]1(C(=O)NC2CCCCCC2)Cn2c(cc3ccccc32)C(=O)N1Cc1ccccc1Cl. The van der Waals surface area contributed by atoms with Gasteiger partial charge in [0.1, 0.15) is 11.2 Å². The van der Waals surface area contributed by atoms with Gasteiger partial charge in [-0.05, 0) is 43.5 Å². The lowest BCUT2D eigenvalue weighted by Crippen LogP contribution is -2.64. The first-order valence-corrected chi connectivity index (χ1v) is 12.3. The smallest absolute Gasteiger partial charge is 0.271 e. The number of rotatable bonds is 4. The van der Waals surface area contributed by atoms with Crippen molar-refractivity contribution >= 4 is 34.3 Å². The molecule has 1 saturated carbocycles. The summed E-state index contributed by atoms with van der Waals surface area (Å²) < 4.78 is 2.01. The van der Waals surface area contributed by atoms with E-state index in [4.69, 9.17) is 11.6 Å². The maximum absolute atomic E-state index is 13.9. The molecular formula is C27H30ClN3O2. The van der Waals surface area contributed by atoms with E-state index < -0.39 is 5.54 Å². The number of fused-ring (bicyclic) bond motifs is 3. The standard InChI is InChI=1S/C27H30ClN3O2/c1-27(26(33)29-21-12-4-2-3-5-13-21)18-30-23-15-9-7-10-19(23)16-24(30)25(32)31(27)17-20-11-6-8-14-22(20)28/h6-11,14-16,21H,2-5,12-13,17-18H2,1H3,(H,29,33)/t27-/m0/s1. The largest absolute Gasteiger partial charge is 0.351 e. The Hall–Kier alpha value is -2.79. The average Bonchev–Trinajstić information content (AvgIpc) is 2.98. The molecule has 1 fully saturated rings. The molecule has 2 aromatic carbocycles. The second kappa shape index (κ2) is 8.86. The molecule has 2 amide bonds. The summed E-state index contributed by atoms with van der Waals surface area (Å²) in [4.78, 5) is 29.4. The van der Waals surface area contributed by atoms with Crippen LogP contribution in [0.25, 0.3) is 10.9 Å². The lowest BCUT2D eigenvalue weighted by Gasteiger charge is -2.44. The van der Waals surface area contributed by atoms with Gasteiger partial charge in [-0.1, -0.05) is 73.7 Å². The van der Waals surface area contributed by atoms with E-state index in [1.54, 1.807) is 4.90 Å². The van der Waals surface area contributed by atoms with Crippen molar-refractivity contribution in [1.82, 2.24) is 14.8 Å². The van der Waals surface area contributed by atoms with E-state index in [9.17, 15) is 9.59 Å². The van der Waals surface area contributed by atoms with Gasteiger partial charge in [0.25, 0.3) is 5.91 Å². The van der Waals surface area contributed by atoms with Crippen molar-refractivity contribution in [2.75, 3.05) is 0 Å². The normalized spacial score (nSPS) is 21.6. The number of hydrogen-bond acceptors (Lipinski definition) is 2. The van der Waals surface area contributed by atoms with Crippen molar-refractivity contribution in [3.8, 4) is 0 Å². The number of nitrogens with zero attached hydrogens (tertiary/aromatic N) is 2. The molecule has 1 aliphatic heterocycles. The highest BCUT2D eigenvalue weighted by Gasteiger charge is 2.48. The van der Waals surface area contributed by atoms with Crippen molar-refractivity contribution in [3.63, 3.8) is 0 Å². The molecule has 3 aromatic rings. The van der Waals surface area contributed by atoms with E-state index in [-0.39, 0.29) is 24.4 Å². The Morgan fingerprint density at radius 2 is 1.76 bits per heavy atom. The second-order valence-electron chi connectivity index (χ2n) is 9.59. The number of para-hydroxylation sites is 1. The number of carbonyl (C=O) groups excluding carboxylic acids is 2. The highest BCUT2D eigenvalue weighted by atomic mass is 35.5. The Morgan fingerprint density at radius 1 is 1.06 bits per heavy atom. The molecule has 2 aliphatic rings. The minimum Gasteiger partial charge on any atom is -0.351 e. The third-order valence-corrected chi connectivity index (χ3v) is 7.67. The lowest BCUT2D eigenvalue weighted by molar-refractivity contribution is -0.134. The van der Waals surface area contributed by atoms with Crippen LogP contribution in [0.5, 0.6) is 0 Å². The van der Waals surface area contributed by atoms with Gasteiger partial charge in [-0.3, -0.25) is 9.59 Å². The second-order valence-corrected chi connectivity index (χ2v) is 10.0. The van der Waals surface area contributed by atoms with Gasteiger partial charge in [-0.25, -0.2) is 0 Å². The lowest BCUT2D eigenvalue weighted by atomic mass is 9.93. The van der Waals surface area contributed by atoms with E-state index >= 15 is 0 Å². The van der Waals surface area contributed by atoms with Gasteiger partial charge >= 0.3 is 0 Å². The number of carbonyl (C=O) groups is 2. The molecule has 0 bridgehead atoms. The molecule has 1 atom stereocenters. The number of hydrogen-bond donors (Lipinski definition) is 1. The van der Waals surface area contributed by atoms with E-state index in [2.05, 4.69) is 5.32 Å². The first kappa shape index (κ1) is 22.0. The van der Waals surface area contributed by atoms with Gasteiger partial charge in [-0.15, -0.1) is 0 Å². The number of nitrogens with one attached hydrogen (secondary N) is 1. The molecule has 1 N–H and O–H groups in total. The summed E-state index contributed by atoms with van der Waals surface area (Å²) in [7, 11) is 0. The minimum absolute atomic E-state index is 0.0850. The molecule has 0 spiro atoms.